The van der Waals surface area contributed by atoms with E-state index in [0.29, 0.717) is 5.56 Å². The molecule has 1 amide bonds. The first-order valence-corrected chi connectivity index (χ1v) is 9.68. The minimum atomic E-state index is -4.58. The highest BCUT2D eigenvalue weighted by Gasteiger charge is 2.30. The van der Waals surface area contributed by atoms with Gasteiger partial charge in [-0.25, -0.2) is 8.42 Å². The molecule has 2 aromatic carbocycles. The summed E-state index contributed by atoms with van der Waals surface area (Å²) in [6.45, 7) is 0. The highest BCUT2D eigenvalue weighted by Crippen LogP contribution is 2.29. The van der Waals surface area contributed by atoms with Crippen molar-refractivity contribution in [3.05, 3.63) is 59.7 Å². The molecule has 27 heavy (non-hydrogen) atoms. The maximum Gasteiger partial charge on any atom is 0.416 e. The predicted molar refractivity (Wildman–Crippen MR) is 95.5 cm³/mol. The Balaban J connectivity index is 2.05. The Kier molecular flexibility index (Phi) is 6.55. The first-order valence-electron chi connectivity index (χ1n) is 7.64. The molecule has 1 atom stereocenters. The van der Waals surface area contributed by atoms with Crippen LogP contribution in [0.25, 0.3) is 0 Å². The average molecular weight is 418 g/mol. The lowest BCUT2D eigenvalue weighted by molar-refractivity contribution is -0.137. The van der Waals surface area contributed by atoms with Gasteiger partial charge < -0.3 is 9.87 Å². The maximum atomic E-state index is 12.6. The van der Waals surface area contributed by atoms with Gasteiger partial charge in [-0.2, -0.15) is 25.8 Å². The van der Waals surface area contributed by atoms with Gasteiger partial charge in [-0.15, -0.1) is 0 Å². The van der Waals surface area contributed by atoms with E-state index in [1.807, 2.05) is 0 Å². The minimum absolute atomic E-state index is 0.153. The summed E-state index contributed by atoms with van der Waals surface area (Å²) in [5, 5.41) is 2.56. The number of hydrogen-bond donors (Lipinski definition) is 2. The standard InChI is InChI=1S/C17H16F3NO4S2/c18-17(19,20)13-3-1-11(2-4-13)9-12(10-26)16(22)21-14-5-7-15(8-6-14)27(23,24)25/h1-8,12,26H,9-10H2,(H,21,22)(H,23,24,25)/p-1. The highest BCUT2D eigenvalue weighted by molar-refractivity contribution is 7.85. The fourth-order valence-corrected chi connectivity index (χ4v) is 3.07. The lowest BCUT2D eigenvalue weighted by Crippen LogP contribution is -2.26. The van der Waals surface area contributed by atoms with Crippen LogP contribution in [0.2, 0.25) is 0 Å². The second-order valence-electron chi connectivity index (χ2n) is 5.75. The number of benzene rings is 2. The molecule has 0 aromatic heterocycles. The lowest BCUT2D eigenvalue weighted by atomic mass is 9.99. The van der Waals surface area contributed by atoms with Crippen LogP contribution in [0, 0.1) is 5.92 Å². The van der Waals surface area contributed by atoms with E-state index in [1.165, 1.54) is 24.3 Å². The molecule has 1 N–H and O–H groups in total. The number of thiol groups is 1. The van der Waals surface area contributed by atoms with Crippen LogP contribution < -0.4 is 5.32 Å². The molecule has 10 heteroatoms. The molecule has 0 aliphatic rings. The van der Waals surface area contributed by atoms with Gasteiger partial charge in [0.1, 0.15) is 10.1 Å². The zero-order valence-electron chi connectivity index (χ0n) is 13.7. The van der Waals surface area contributed by atoms with Crippen molar-refractivity contribution in [3.8, 4) is 0 Å². The van der Waals surface area contributed by atoms with E-state index in [9.17, 15) is 30.9 Å². The van der Waals surface area contributed by atoms with E-state index in [2.05, 4.69) is 17.9 Å². The molecule has 1 unspecified atom stereocenters. The number of hydrogen-bond acceptors (Lipinski definition) is 5. The Morgan fingerprint density at radius 1 is 1.07 bits per heavy atom. The van der Waals surface area contributed by atoms with Gasteiger partial charge in [0.05, 0.1) is 16.4 Å². The topological polar surface area (TPSA) is 86.3 Å². The quantitative estimate of drug-likeness (QED) is 0.557. The van der Waals surface area contributed by atoms with E-state index in [4.69, 9.17) is 0 Å². The first-order chi connectivity index (χ1) is 12.5. The van der Waals surface area contributed by atoms with Crippen LogP contribution in [0.3, 0.4) is 0 Å². The summed E-state index contributed by atoms with van der Waals surface area (Å²) < 4.78 is 70.4. The molecule has 0 heterocycles. The number of amides is 1. The molecule has 2 aromatic rings. The molecule has 0 aliphatic carbocycles. The Morgan fingerprint density at radius 3 is 2.07 bits per heavy atom. The highest BCUT2D eigenvalue weighted by atomic mass is 32.2. The minimum Gasteiger partial charge on any atom is -0.744 e. The van der Waals surface area contributed by atoms with Crippen LogP contribution in [0.4, 0.5) is 18.9 Å². The fraction of sp³-hybridized carbons (Fsp3) is 0.235. The van der Waals surface area contributed by atoms with Crippen LogP contribution in [0.5, 0.6) is 0 Å². The van der Waals surface area contributed by atoms with E-state index < -0.39 is 38.6 Å². The largest absolute Gasteiger partial charge is 0.744 e. The molecule has 0 radical (unpaired) electrons. The average Bonchev–Trinajstić information content (AvgIpc) is 2.59. The van der Waals surface area contributed by atoms with Crippen molar-refractivity contribution in [2.45, 2.75) is 17.5 Å². The summed E-state index contributed by atoms with van der Waals surface area (Å²) in [6.07, 6.45) is -4.25. The number of halogens is 3. The summed E-state index contributed by atoms with van der Waals surface area (Å²) in [4.78, 5) is 11.9. The van der Waals surface area contributed by atoms with Crippen molar-refractivity contribution in [3.63, 3.8) is 0 Å². The second-order valence-corrected chi connectivity index (χ2v) is 7.49. The summed E-state index contributed by atoms with van der Waals surface area (Å²) in [7, 11) is -4.58. The molecule has 146 valence electrons. The molecular formula is C17H15F3NO4S2-. The SMILES string of the molecule is O=C(Nc1ccc(S(=O)(=O)[O-])cc1)C(CS)Cc1ccc(C(F)(F)F)cc1. The monoisotopic (exact) mass is 418 g/mol. The fourth-order valence-electron chi connectivity index (χ4n) is 2.30. The number of carbonyl (C=O) groups is 1. The van der Waals surface area contributed by atoms with Crippen molar-refractivity contribution in [2.24, 2.45) is 5.92 Å². The number of anilines is 1. The third-order valence-corrected chi connectivity index (χ3v) is 5.06. The Bertz CT molecular complexity index is 895. The third kappa shape index (κ3) is 5.98. The third-order valence-electron chi connectivity index (χ3n) is 3.77. The first kappa shape index (κ1) is 21.3. The molecule has 0 spiro atoms. The Morgan fingerprint density at radius 2 is 1.63 bits per heavy atom. The molecule has 0 bridgehead atoms. The van der Waals surface area contributed by atoms with E-state index in [-0.39, 0.29) is 17.9 Å². The van der Waals surface area contributed by atoms with Crippen LogP contribution in [0.15, 0.2) is 53.4 Å². The van der Waals surface area contributed by atoms with Crippen molar-refractivity contribution < 1.29 is 30.9 Å². The van der Waals surface area contributed by atoms with Gasteiger partial charge in [0.15, 0.2) is 0 Å². The molecular weight excluding hydrogens is 403 g/mol. The smallest absolute Gasteiger partial charge is 0.416 e. The van der Waals surface area contributed by atoms with Gasteiger partial charge >= 0.3 is 6.18 Å². The molecule has 0 saturated carbocycles. The normalized spacial score (nSPS) is 13.2. The Hall–Kier alpha value is -2.04. The van der Waals surface area contributed by atoms with Gasteiger partial charge in [-0.05, 0) is 48.4 Å². The van der Waals surface area contributed by atoms with Crippen LogP contribution >= 0.6 is 12.6 Å². The number of carbonyl (C=O) groups excluding carboxylic acids is 1. The van der Waals surface area contributed by atoms with Crippen LogP contribution in [-0.4, -0.2) is 24.6 Å². The van der Waals surface area contributed by atoms with E-state index >= 15 is 0 Å². The summed E-state index contributed by atoms with van der Waals surface area (Å²) in [5.41, 5.74) is 0.0585. The number of rotatable bonds is 6. The van der Waals surface area contributed by atoms with Crippen molar-refractivity contribution in [1.82, 2.24) is 0 Å². The molecule has 5 nitrogen and oxygen atoms in total. The van der Waals surface area contributed by atoms with E-state index in [1.54, 1.807) is 0 Å². The Labute approximate surface area is 159 Å². The van der Waals surface area contributed by atoms with Crippen LogP contribution in [-0.2, 0) is 27.5 Å². The van der Waals surface area contributed by atoms with Crippen molar-refractivity contribution in [2.75, 3.05) is 11.1 Å². The maximum absolute atomic E-state index is 12.6. The van der Waals surface area contributed by atoms with Gasteiger partial charge in [0.2, 0.25) is 5.91 Å². The zero-order valence-corrected chi connectivity index (χ0v) is 15.4. The zero-order chi connectivity index (χ0) is 20.2. The van der Waals surface area contributed by atoms with Gasteiger partial charge in [0, 0.05) is 11.4 Å². The molecule has 0 saturated heterocycles. The van der Waals surface area contributed by atoms with Gasteiger partial charge in [-0.1, -0.05) is 12.1 Å². The van der Waals surface area contributed by atoms with Gasteiger partial charge in [0.25, 0.3) is 0 Å². The second kappa shape index (κ2) is 8.32. The van der Waals surface area contributed by atoms with E-state index in [0.717, 1.165) is 24.3 Å². The summed E-state index contributed by atoms with van der Waals surface area (Å²) >= 11 is 4.11. The van der Waals surface area contributed by atoms with Crippen LogP contribution in [0.1, 0.15) is 11.1 Å². The lowest BCUT2D eigenvalue weighted by Gasteiger charge is -2.16. The predicted octanol–water partition coefficient (Wildman–Crippen LogP) is 3.34. The summed E-state index contributed by atoms with van der Waals surface area (Å²) in [5.74, 6) is -0.893. The van der Waals surface area contributed by atoms with Crippen molar-refractivity contribution in [1.29, 1.82) is 0 Å². The van der Waals surface area contributed by atoms with Gasteiger partial charge in [-0.3, -0.25) is 4.79 Å². The molecule has 0 aliphatic heterocycles. The number of alkyl halides is 3. The van der Waals surface area contributed by atoms with Crippen molar-refractivity contribution >= 4 is 34.3 Å². The summed E-state index contributed by atoms with van der Waals surface area (Å²) in [6, 6.07) is 9.20. The number of nitrogens with one attached hydrogen (secondary N) is 1. The molecule has 0 fully saturated rings. The molecule has 2 rings (SSSR count).